The second-order valence-corrected chi connectivity index (χ2v) is 10.4. The van der Waals surface area contributed by atoms with E-state index < -0.39 is 0 Å². The van der Waals surface area contributed by atoms with Crippen molar-refractivity contribution in [2.75, 3.05) is 44.4 Å². The number of benzene rings is 1. The highest BCUT2D eigenvalue weighted by molar-refractivity contribution is 7.99. The lowest BCUT2D eigenvalue weighted by Crippen LogP contribution is -2.36. The molecule has 0 saturated carbocycles. The lowest BCUT2D eigenvalue weighted by atomic mass is 9.97. The van der Waals surface area contributed by atoms with Crippen molar-refractivity contribution in [3.63, 3.8) is 0 Å². The molecule has 4 N–H and O–H groups in total. The number of nitrogens with one attached hydrogen (secondary N) is 2. The maximum Gasteiger partial charge on any atom is 0.213 e. The second kappa shape index (κ2) is 10.5. The van der Waals surface area contributed by atoms with Gasteiger partial charge in [-0.3, -0.25) is 5.48 Å². The Kier molecular flexibility index (Phi) is 7.99. The summed E-state index contributed by atoms with van der Waals surface area (Å²) in [6.07, 6.45) is 3.75. The monoisotopic (exact) mass is 472 g/mol. The minimum atomic E-state index is 0.163. The van der Waals surface area contributed by atoms with Crippen molar-refractivity contribution >= 4 is 34.9 Å². The Morgan fingerprint density at radius 1 is 1.39 bits per heavy atom. The third-order valence-corrected chi connectivity index (χ3v) is 6.03. The van der Waals surface area contributed by atoms with Gasteiger partial charge in [-0.2, -0.15) is 0 Å². The number of aromatic nitrogens is 2. The van der Waals surface area contributed by atoms with Gasteiger partial charge < -0.3 is 25.3 Å². The average molecular weight is 473 g/mol. The van der Waals surface area contributed by atoms with Crippen LogP contribution in [-0.4, -0.2) is 43.5 Å². The highest BCUT2D eigenvalue weighted by Gasteiger charge is 2.19. The van der Waals surface area contributed by atoms with E-state index in [0.29, 0.717) is 5.70 Å². The van der Waals surface area contributed by atoms with Gasteiger partial charge in [-0.05, 0) is 42.3 Å². The summed E-state index contributed by atoms with van der Waals surface area (Å²) in [6, 6.07) is 4.05. The number of rotatable bonds is 8. The first kappa shape index (κ1) is 25.0. The van der Waals surface area contributed by atoms with Crippen LogP contribution in [0.1, 0.15) is 27.7 Å². The van der Waals surface area contributed by atoms with Gasteiger partial charge in [0, 0.05) is 44.3 Å². The van der Waals surface area contributed by atoms with E-state index in [1.165, 1.54) is 0 Å². The maximum atomic E-state index is 6.21. The Morgan fingerprint density at radius 3 is 2.79 bits per heavy atom. The first-order valence-corrected chi connectivity index (χ1v) is 11.8. The molecule has 1 aliphatic rings. The molecule has 0 fully saturated rings. The summed E-state index contributed by atoms with van der Waals surface area (Å²) >= 11 is 1.59. The van der Waals surface area contributed by atoms with E-state index in [4.69, 9.17) is 20.3 Å². The molecule has 0 radical (unpaired) electrons. The van der Waals surface area contributed by atoms with Gasteiger partial charge in [-0.1, -0.05) is 33.4 Å². The van der Waals surface area contributed by atoms with Gasteiger partial charge in [-0.25, -0.2) is 9.82 Å². The van der Waals surface area contributed by atoms with Crippen molar-refractivity contribution in [1.82, 2.24) is 14.9 Å². The zero-order valence-electron chi connectivity index (χ0n) is 20.5. The van der Waals surface area contributed by atoms with Crippen molar-refractivity contribution in [3.05, 3.63) is 35.5 Å². The van der Waals surface area contributed by atoms with Gasteiger partial charge in [0.15, 0.2) is 5.16 Å². The maximum absolute atomic E-state index is 6.21. The number of nitrogens with zero attached hydrogens (tertiary/aromatic N) is 3. The van der Waals surface area contributed by atoms with Gasteiger partial charge in [0.05, 0.1) is 11.0 Å². The first-order valence-electron chi connectivity index (χ1n) is 11.0. The smallest absolute Gasteiger partial charge is 0.213 e. The average Bonchev–Trinajstić information content (AvgIpc) is 3.07. The summed E-state index contributed by atoms with van der Waals surface area (Å²) in [4.78, 5) is 13.2. The van der Waals surface area contributed by atoms with Crippen LogP contribution in [0.3, 0.4) is 0 Å². The number of anilines is 2. The van der Waals surface area contributed by atoms with Crippen LogP contribution in [0.5, 0.6) is 5.75 Å². The Balaban J connectivity index is 2.04. The topological polar surface area (TPSA) is 89.6 Å². The normalized spacial score (nSPS) is 14.9. The number of nitrogens with two attached hydrogens (primary N) is 1. The molecule has 180 valence electrons. The van der Waals surface area contributed by atoms with Crippen LogP contribution < -0.4 is 36.9 Å². The van der Waals surface area contributed by atoms with Crippen LogP contribution in [0.15, 0.2) is 34.8 Å². The van der Waals surface area contributed by atoms with Gasteiger partial charge in [0.1, 0.15) is 16.8 Å². The largest absolute Gasteiger partial charge is 0.463 e. The van der Waals surface area contributed by atoms with E-state index in [-0.39, 0.29) is 12.2 Å². The zero-order valence-corrected chi connectivity index (χ0v) is 21.3. The van der Waals surface area contributed by atoms with Gasteiger partial charge in [0.25, 0.3) is 0 Å². The molecule has 1 aliphatic heterocycles. The van der Waals surface area contributed by atoms with Crippen molar-refractivity contribution in [2.24, 2.45) is 11.1 Å². The highest BCUT2D eigenvalue weighted by Crippen LogP contribution is 2.41. The van der Waals surface area contributed by atoms with E-state index in [1.807, 2.05) is 39.2 Å². The van der Waals surface area contributed by atoms with Crippen LogP contribution in [0.2, 0.25) is 0 Å². The van der Waals surface area contributed by atoms with E-state index >= 15 is 0 Å². The van der Waals surface area contributed by atoms with Crippen LogP contribution in [-0.2, 0) is 11.4 Å². The Bertz CT molecular complexity index is 1110. The summed E-state index contributed by atoms with van der Waals surface area (Å²) in [5.41, 5.74) is 11.9. The third kappa shape index (κ3) is 6.25. The fourth-order valence-electron chi connectivity index (χ4n) is 3.44. The molecule has 2 heterocycles. The summed E-state index contributed by atoms with van der Waals surface area (Å²) in [6.45, 7) is 15.1. The molecule has 0 unspecified atom stereocenters. The van der Waals surface area contributed by atoms with Gasteiger partial charge >= 0.3 is 0 Å². The molecular formula is C24H36N6O2S. The number of imidazole rings is 1. The minimum absolute atomic E-state index is 0.163. The molecule has 8 nitrogen and oxygen atoms in total. The fraction of sp³-hybridized carbons (Fsp3) is 0.458. The summed E-state index contributed by atoms with van der Waals surface area (Å²) in [7, 11) is 4.03. The molecule has 1 aromatic heterocycles. The first-order chi connectivity index (χ1) is 15.6. The van der Waals surface area contributed by atoms with Crippen molar-refractivity contribution in [1.29, 1.82) is 0 Å². The molecule has 0 bridgehead atoms. The lowest BCUT2D eigenvalue weighted by Gasteiger charge is -2.24. The van der Waals surface area contributed by atoms with E-state index in [2.05, 4.69) is 47.6 Å². The highest BCUT2D eigenvalue weighted by atomic mass is 32.2. The molecule has 2 aromatic rings. The van der Waals surface area contributed by atoms with Crippen molar-refractivity contribution in [3.8, 4) is 5.75 Å². The predicted molar refractivity (Wildman–Crippen MR) is 137 cm³/mol. The number of ether oxygens (including phenoxy) is 1. The molecule has 3 rings (SSSR count). The molecule has 0 aliphatic carbocycles. The second-order valence-electron chi connectivity index (χ2n) is 9.42. The molecule has 33 heavy (non-hydrogen) atoms. The summed E-state index contributed by atoms with van der Waals surface area (Å²) in [5.74, 6) is 0.749. The Hall–Kier alpha value is -2.62. The number of fused-ring (bicyclic) bond motifs is 1. The zero-order chi connectivity index (χ0) is 24.2. The van der Waals surface area contributed by atoms with Crippen molar-refractivity contribution < 1.29 is 9.57 Å². The minimum Gasteiger partial charge on any atom is -0.463 e. The number of hydrogen-bond donors (Lipinski definition) is 3. The van der Waals surface area contributed by atoms with Crippen LogP contribution in [0.4, 0.5) is 11.4 Å². The van der Waals surface area contributed by atoms with Crippen LogP contribution in [0, 0.1) is 5.41 Å². The molecule has 0 saturated heterocycles. The molecule has 9 heteroatoms. The fourth-order valence-corrected chi connectivity index (χ4v) is 4.59. The Morgan fingerprint density at radius 2 is 2.15 bits per heavy atom. The van der Waals surface area contributed by atoms with Gasteiger partial charge in [-0.15, -0.1) is 0 Å². The van der Waals surface area contributed by atoms with E-state index in [9.17, 15) is 0 Å². The summed E-state index contributed by atoms with van der Waals surface area (Å²) < 4.78 is 7.89. The lowest BCUT2D eigenvalue weighted by molar-refractivity contribution is 0.0336. The van der Waals surface area contributed by atoms with Crippen LogP contribution in [0.25, 0.3) is 11.8 Å². The molecule has 0 spiro atoms. The molecule has 1 aromatic carbocycles. The SMILES string of the molecule is C=C/C=c1\c(=C(/C)N)nc(Sc2cc3c(cc2N(C)C)NOCO3)n1CCNCC(C)(C)C. The van der Waals surface area contributed by atoms with E-state index in [1.54, 1.807) is 17.8 Å². The quantitative estimate of drug-likeness (QED) is 0.505. The Labute approximate surface area is 200 Å². The van der Waals surface area contributed by atoms with Gasteiger partial charge in [0.2, 0.25) is 6.79 Å². The van der Waals surface area contributed by atoms with Crippen LogP contribution >= 0.6 is 11.8 Å². The van der Waals surface area contributed by atoms with Crippen molar-refractivity contribution in [2.45, 2.75) is 44.3 Å². The number of hydrogen-bond acceptors (Lipinski definition) is 8. The summed E-state index contributed by atoms with van der Waals surface area (Å²) in [5, 5.41) is 6.16. The van der Waals surface area contributed by atoms with E-state index in [0.717, 1.165) is 57.5 Å². The third-order valence-electron chi connectivity index (χ3n) is 4.99. The molecular weight excluding hydrogens is 436 g/mol. The molecule has 0 atom stereocenters. The standard InChI is InChI=1S/C24H36N6O2S/c1-8-9-18-22(16(2)25)27-23(30(18)11-10-26-14-24(3,4)5)33-21-13-20-17(28-32-15-31-20)12-19(21)29(6)7/h8-9,12-13,26,28H,1,10-11,14-15,25H2,2-7H3/b18-9+,22-16-. The number of allylic oxidation sites excluding steroid dienone is 1. The predicted octanol–water partition coefficient (Wildman–Crippen LogP) is 2.48. The molecule has 0 amide bonds.